The van der Waals surface area contributed by atoms with E-state index in [4.69, 9.17) is 0 Å². The third-order valence-electron chi connectivity index (χ3n) is 3.62. The first-order valence-corrected chi connectivity index (χ1v) is 7.24. The molecule has 1 saturated heterocycles. The monoisotopic (exact) mass is 262 g/mol. The number of aromatic nitrogens is 2. The van der Waals surface area contributed by atoms with Crippen LogP contribution in [0.4, 0.5) is 5.82 Å². The van der Waals surface area contributed by atoms with Gasteiger partial charge in [0.15, 0.2) is 0 Å². The molecule has 1 aromatic rings. The summed E-state index contributed by atoms with van der Waals surface area (Å²) in [4.78, 5) is 11.0. The molecule has 0 unspecified atom stereocenters. The molecule has 0 atom stereocenters. The smallest absolute Gasteiger partial charge is 0.132 e. The van der Waals surface area contributed by atoms with Crippen LogP contribution in [-0.4, -0.2) is 35.1 Å². The van der Waals surface area contributed by atoms with E-state index in [1.165, 1.54) is 12.8 Å². The number of rotatable bonds is 3. The van der Waals surface area contributed by atoms with Gasteiger partial charge in [-0.1, -0.05) is 0 Å². The van der Waals surface area contributed by atoms with E-state index in [-0.39, 0.29) is 5.54 Å². The van der Waals surface area contributed by atoms with E-state index in [0.717, 1.165) is 37.2 Å². The van der Waals surface area contributed by atoms with E-state index in [0.29, 0.717) is 0 Å². The summed E-state index contributed by atoms with van der Waals surface area (Å²) >= 11 is 0. The third kappa shape index (κ3) is 4.46. The quantitative estimate of drug-likeness (QED) is 0.908. The number of hydrogen-bond acceptors (Lipinski definition) is 4. The van der Waals surface area contributed by atoms with Crippen molar-refractivity contribution >= 4 is 5.82 Å². The van der Waals surface area contributed by atoms with Crippen molar-refractivity contribution in [2.24, 2.45) is 5.92 Å². The van der Waals surface area contributed by atoms with Crippen LogP contribution in [0.15, 0.2) is 12.3 Å². The molecule has 2 heterocycles. The number of hydrogen-bond donors (Lipinski definition) is 1. The van der Waals surface area contributed by atoms with Gasteiger partial charge in [-0.2, -0.15) is 0 Å². The highest BCUT2D eigenvalue weighted by Crippen LogP contribution is 2.21. The van der Waals surface area contributed by atoms with Crippen molar-refractivity contribution in [1.82, 2.24) is 15.3 Å². The Labute approximate surface area is 116 Å². The summed E-state index contributed by atoms with van der Waals surface area (Å²) in [5.74, 6) is 2.72. The lowest BCUT2D eigenvalue weighted by Gasteiger charge is -2.34. The van der Waals surface area contributed by atoms with Gasteiger partial charge in [-0.15, -0.1) is 0 Å². The Kier molecular flexibility index (Phi) is 4.40. The number of nitrogens with zero attached hydrogens (tertiary/aromatic N) is 3. The Bertz CT molecular complexity index is 403. The van der Waals surface area contributed by atoms with Gasteiger partial charge in [0.1, 0.15) is 11.6 Å². The van der Waals surface area contributed by atoms with Gasteiger partial charge in [0.25, 0.3) is 0 Å². The molecule has 0 radical (unpaired) electrons. The summed E-state index contributed by atoms with van der Waals surface area (Å²) in [5, 5.41) is 3.61. The number of nitrogens with one attached hydrogen (secondary N) is 1. The molecule has 0 aromatic carbocycles. The Balaban J connectivity index is 1.82. The second kappa shape index (κ2) is 5.87. The maximum atomic E-state index is 4.51. The van der Waals surface area contributed by atoms with Crippen LogP contribution in [0.1, 0.15) is 39.4 Å². The molecule has 0 amide bonds. The molecule has 1 aliphatic rings. The SMILES string of the molecule is Cc1nccc(N2CCC(CNC(C)(C)C)CC2)n1. The Hall–Kier alpha value is -1.16. The van der Waals surface area contributed by atoms with Crippen molar-refractivity contribution < 1.29 is 0 Å². The third-order valence-corrected chi connectivity index (χ3v) is 3.62. The molecule has 19 heavy (non-hydrogen) atoms. The molecule has 2 rings (SSSR count). The molecular weight excluding hydrogens is 236 g/mol. The highest BCUT2D eigenvalue weighted by molar-refractivity contribution is 5.37. The van der Waals surface area contributed by atoms with E-state index in [1.54, 1.807) is 0 Å². The van der Waals surface area contributed by atoms with Crippen LogP contribution in [0.3, 0.4) is 0 Å². The summed E-state index contributed by atoms with van der Waals surface area (Å²) in [6, 6.07) is 2.01. The van der Waals surface area contributed by atoms with Gasteiger partial charge < -0.3 is 10.2 Å². The van der Waals surface area contributed by atoms with Gasteiger partial charge in [0.2, 0.25) is 0 Å². The second-order valence-corrected chi connectivity index (χ2v) is 6.52. The van der Waals surface area contributed by atoms with E-state index in [2.05, 4.69) is 41.0 Å². The van der Waals surface area contributed by atoms with Gasteiger partial charge in [-0.3, -0.25) is 0 Å². The minimum Gasteiger partial charge on any atom is -0.356 e. The second-order valence-electron chi connectivity index (χ2n) is 6.52. The molecule has 1 fully saturated rings. The van der Waals surface area contributed by atoms with E-state index >= 15 is 0 Å². The fourth-order valence-corrected chi connectivity index (χ4v) is 2.44. The summed E-state index contributed by atoms with van der Waals surface area (Å²) in [7, 11) is 0. The summed E-state index contributed by atoms with van der Waals surface area (Å²) < 4.78 is 0. The van der Waals surface area contributed by atoms with Crippen molar-refractivity contribution in [3.63, 3.8) is 0 Å². The molecule has 1 aliphatic heterocycles. The summed E-state index contributed by atoms with van der Waals surface area (Å²) in [6.07, 6.45) is 4.34. The van der Waals surface area contributed by atoms with E-state index in [9.17, 15) is 0 Å². The average molecular weight is 262 g/mol. The predicted molar refractivity (Wildman–Crippen MR) is 79.5 cm³/mol. The van der Waals surface area contributed by atoms with Crippen LogP contribution in [0.25, 0.3) is 0 Å². The summed E-state index contributed by atoms with van der Waals surface area (Å²) in [6.45, 7) is 12.0. The van der Waals surface area contributed by atoms with Crippen LogP contribution < -0.4 is 10.2 Å². The molecular formula is C15H26N4. The van der Waals surface area contributed by atoms with Gasteiger partial charge in [0.05, 0.1) is 0 Å². The lowest BCUT2D eigenvalue weighted by Crippen LogP contribution is -2.43. The maximum Gasteiger partial charge on any atom is 0.132 e. The minimum atomic E-state index is 0.223. The zero-order valence-corrected chi connectivity index (χ0v) is 12.6. The molecule has 4 heteroatoms. The van der Waals surface area contributed by atoms with E-state index in [1.807, 2.05) is 19.2 Å². The predicted octanol–water partition coefficient (Wildman–Crippen LogP) is 2.39. The van der Waals surface area contributed by atoms with Crippen LogP contribution >= 0.6 is 0 Å². The first-order chi connectivity index (χ1) is 8.94. The van der Waals surface area contributed by atoms with Crippen LogP contribution in [0.2, 0.25) is 0 Å². The van der Waals surface area contributed by atoms with Crippen LogP contribution in [0.5, 0.6) is 0 Å². The number of aryl methyl sites for hydroxylation is 1. The summed E-state index contributed by atoms with van der Waals surface area (Å²) in [5.41, 5.74) is 0.223. The highest BCUT2D eigenvalue weighted by atomic mass is 15.2. The molecule has 0 aliphatic carbocycles. The standard InChI is InChI=1S/C15H26N4/c1-12-16-8-5-14(18-12)19-9-6-13(7-10-19)11-17-15(2,3)4/h5,8,13,17H,6-7,9-11H2,1-4H3. The molecule has 1 N–H and O–H groups in total. The van der Waals surface area contributed by atoms with Crippen LogP contribution in [-0.2, 0) is 0 Å². The lowest BCUT2D eigenvalue weighted by atomic mass is 9.95. The molecule has 0 spiro atoms. The fourth-order valence-electron chi connectivity index (χ4n) is 2.44. The van der Waals surface area contributed by atoms with Crippen molar-refractivity contribution in [2.75, 3.05) is 24.5 Å². The average Bonchev–Trinajstić information content (AvgIpc) is 2.36. The van der Waals surface area contributed by atoms with Gasteiger partial charge in [-0.25, -0.2) is 9.97 Å². The zero-order valence-electron chi connectivity index (χ0n) is 12.6. The Morgan fingerprint density at radius 3 is 2.58 bits per heavy atom. The van der Waals surface area contributed by atoms with Gasteiger partial charge in [0, 0.05) is 24.8 Å². The fraction of sp³-hybridized carbons (Fsp3) is 0.733. The van der Waals surface area contributed by atoms with Crippen molar-refractivity contribution in [3.8, 4) is 0 Å². The first kappa shape index (κ1) is 14.3. The topological polar surface area (TPSA) is 41.1 Å². The Morgan fingerprint density at radius 1 is 1.32 bits per heavy atom. The Morgan fingerprint density at radius 2 is 2.00 bits per heavy atom. The van der Waals surface area contributed by atoms with Crippen molar-refractivity contribution in [3.05, 3.63) is 18.1 Å². The van der Waals surface area contributed by atoms with E-state index < -0.39 is 0 Å². The molecule has 0 saturated carbocycles. The number of piperidine rings is 1. The zero-order chi connectivity index (χ0) is 13.9. The molecule has 106 valence electrons. The highest BCUT2D eigenvalue weighted by Gasteiger charge is 2.21. The molecule has 1 aromatic heterocycles. The molecule has 0 bridgehead atoms. The van der Waals surface area contributed by atoms with Crippen molar-refractivity contribution in [2.45, 2.75) is 46.1 Å². The van der Waals surface area contributed by atoms with Crippen molar-refractivity contribution in [1.29, 1.82) is 0 Å². The van der Waals surface area contributed by atoms with Gasteiger partial charge in [-0.05, 0) is 59.1 Å². The first-order valence-electron chi connectivity index (χ1n) is 7.24. The lowest BCUT2D eigenvalue weighted by molar-refractivity contribution is 0.328. The maximum absolute atomic E-state index is 4.51. The number of anilines is 1. The minimum absolute atomic E-state index is 0.223. The van der Waals surface area contributed by atoms with Gasteiger partial charge >= 0.3 is 0 Å². The molecule has 4 nitrogen and oxygen atoms in total. The largest absolute Gasteiger partial charge is 0.356 e. The van der Waals surface area contributed by atoms with Crippen LogP contribution in [0, 0.1) is 12.8 Å². The normalized spacial score (nSPS) is 17.8.